The number of rotatable bonds is 7. The highest BCUT2D eigenvalue weighted by Crippen LogP contribution is 2.46. The van der Waals surface area contributed by atoms with Gasteiger partial charge >= 0.3 is 12.5 Å². The maximum Gasteiger partial charge on any atom is 0.573 e. The van der Waals surface area contributed by atoms with Gasteiger partial charge in [-0.05, 0) is 74.1 Å². The van der Waals surface area contributed by atoms with Gasteiger partial charge in [0.1, 0.15) is 29.5 Å². The van der Waals surface area contributed by atoms with Crippen LogP contribution in [0.25, 0.3) is 10.8 Å². The van der Waals surface area contributed by atoms with Crippen LogP contribution in [-0.4, -0.2) is 90.6 Å². The van der Waals surface area contributed by atoms with Crippen LogP contribution in [0.3, 0.4) is 0 Å². The van der Waals surface area contributed by atoms with Gasteiger partial charge in [0, 0.05) is 29.3 Å². The molecule has 2 aliphatic heterocycles. The number of amides is 4. The number of nitrogens with one attached hydrogen (secondary N) is 3. The Kier molecular flexibility index (Phi) is 10.5. The molecule has 1 saturated heterocycles. The molecule has 0 unspecified atom stereocenters. The van der Waals surface area contributed by atoms with Gasteiger partial charge < -0.3 is 29.7 Å². The first kappa shape index (κ1) is 39.1. The first-order chi connectivity index (χ1) is 25.3. The van der Waals surface area contributed by atoms with Gasteiger partial charge in [-0.3, -0.25) is 19.1 Å². The Labute approximate surface area is 310 Å². The molecular weight excluding hydrogens is 735 g/mol. The van der Waals surface area contributed by atoms with E-state index >= 15 is 0 Å². The summed E-state index contributed by atoms with van der Waals surface area (Å²) in [5.74, 6) is -3.46. The number of alkyl halides is 3. The molecule has 1 aromatic heterocycles. The average molecular weight is 780 g/mol. The summed E-state index contributed by atoms with van der Waals surface area (Å²) >= 11 is 0. The van der Waals surface area contributed by atoms with Crippen LogP contribution >= 0.6 is 0 Å². The summed E-state index contributed by atoms with van der Waals surface area (Å²) in [7, 11) is -3.96. The largest absolute Gasteiger partial charge is 0.573 e. The molecule has 3 fully saturated rings. The first-order valence-corrected chi connectivity index (χ1v) is 19.4. The summed E-state index contributed by atoms with van der Waals surface area (Å²) in [5.41, 5.74) is -2.02. The number of pyridine rings is 1. The maximum atomic E-state index is 14.4. The lowest BCUT2D eigenvalue weighted by atomic mass is 9.85. The zero-order chi connectivity index (χ0) is 39.2. The van der Waals surface area contributed by atoms with Gasteiger partial charge in [0.15, 0.2) is 0 Å². The van der Waals surface area contributed by atoms with Gasteiger partial charge in [-0.2, -0.15) is 0 Å². The number of carbonyl (C=O) groups excluding carboxylic acids is 4. The number of halogens is 3. The molecule has 294 valence electrons. The van der Waals surface area contributed by atoms with E-state index in [0.717, 1.165) is 0 Å². The zero-order valence-corrected chi connectivity index (χ0v) is 31.0. The van der Waals surface area contributed by atoms with Crippen LogP contribution in [0.4, 0.5) is 18.0 Å². The summed E-state index contributed by atoms with van der Waals surface area (Å²) < 4.78 is 84.1. The van der Waals surface area contributed by atoms with Crippen molar-refractivity contribution in [3.05, 3.63) is 42.6 Å². The van der Waals surface area contributed by atoms with Crippen molar-refractivity contribution in [3.8, 4) is 11.6 Å². The second-order valence-electron chi connectivity index (χ2n) is 15.4. The topological polar surface area (TPSA) is 182 Å². The number of aromatic nitrogens is 1. The molecule has 0 radical (unpaired) electrons. The van der Waals surface area contributed by atoms with Gasteiger partial charge in [0.2, 0.25) is 27.7 Å². The van der Waals surface area contributed by atoms with E-state index in [0.29, 0.717) is 44.1 Å². The summed E-state index contributed by atoms with van der Waals surface area (Å²) in [6, 6.07) is 1.85. The SMILES string of the molecule is C=C[C@@H]1C[C@]1(NC(=O)[C@@H]1C[C@@H]2CN1C(=O)[C@H](C(C)(C)C)NC(=O)OCCCCCc1cc(OC(F)(F)F)c3ccnc(c3c1)O2)C(=O)NS(=O)(=O)C1CC1. The van der Waals surface area contributed by atoms with Crippen molar-refractivity contribution in [3.63, 3.8) is 0 Å². The summed E-state index contributed by atoms with van der Waals surface area (Å²) in [6.07, 6.45) is -1.42. The number of sulfonamides is 1. The van der Waals surface area contributed by atoms with Gasteiger partial charge in [0.25, 0.3) is 5.91 Å². The van der Waals surface area contributed by atoms with Crippen molar-refractivity contribution in [2.45, 2.75) is 107 Å². The Balaban J connectivity index is 1.36. The van der Waals surface area contributed by atoms with Crippen LogP contribution < -0.4 is 24.8 Å². The molecule has 18 heteroatoms. The molecule has 1 aromatic carbocycles. The van der Waals surface area contributed by atoms with Crippen LogP contribution in [0.1, 0.15) is 71.3 Å². The Hall–Kier alpha value is -4.61. The Bertz CT molecular complexity index is 1950. The number of fused-ring (bicyclic) bond motifs is 3. The van der Waals surface area contributed by atoms with Crippen molar-refractivity contribution in [1.29, 1.82) is 0 Å². The van der Waals surface area contributed by atoms with Gasteiger partial charge in [-0.25, -0.2) is 18.2 Å². The van der Waals surface area contributed by atoms with Gasteiger partial charge in [-0.15, -0.1) is 19.8 Å². The molecule has 4 amide bonds. The molecule has 3 N–H and O–H groups in total. The highest BCUT2D eigenvalue weighted by Gasteiger charge is 2.62. The second-order valence-corrected chi connectivity index (χ2v) is 17.4. The molecule has 14 nitrogen and oxygen atoms in total. The molecule has 5 atom stereocenters. The minimum Gasteiger partial charge on any atom is -0.472 e. The lowest BCUT2D eigenvalue weighted by Crippen LogP contribution is -2.60. The number of hydrogen-bond donors (Lipinski definition) is 3. The number of alkyl carbamates (subject to hydrolysis) is 1. The van der Waals surface area contributed by atoms with E-state index in [9.17, 15) is 40.8 Å². The molecule has 4 aliphatic rings. The van der Waals surface area contributed by atoms with Crippen LogP contribution in [0.5, 0.6) is 11.6 Å². The van der Waals surface area contributed by atoms with Crippen molar-refractivity contribution in [2.75, 3.05) is 13.2 Å². The van der Waals surface area contributed by atoms with Crippen LogP contribution in [-0.2, 0) is 35.6 Å². The number of ether oxygens (including phenoxy) is 3. The zero-order valence-electron chi connectivity index (χ0n) is 30.2. The van der Waals surface area contributed by atoms with E-state index in [1.807, 2.05) is 0 Å². The fourth-order valence-electron chi connectivity index (χ4n) is 7.03. The lowest BCUT2D eigenvalue weighted by Gasteiger charge is -2.35. The van der Waals surface area contributed by atoms with Crippen LogP contribution in [0.2, 0.25) is 0 Å². The summed E-state index contributed by atoms with van der Waals surface area (Å²) in [6.45, 7) is 8.68. The van der Waals surface area contributed by atoms with E-state index in [4.69, 9.17) is 9.47 Å². The van der Waals surface area contributed by atoms with E-state index in [-0.39, 0.29) is 42.6 Å². The molecule has 2 aliphatic carbocycles. The molecule has 54 heavy (non-hydrogen) atoms. The van der Waals surface area contributed by atoms with Gasteiger partial charge in [-0.1, -0.05) is 26.8 Å². The number of benzene rings is 1. The third kappa shape index (κ3) is 8.52. The van der Waals surface area contributed by atoms with Crippen LogP contribution in [0.15, 0.2) is 37.1 Å². The number of nitrogens with zero attached hydrogens (tertiary/aromatic N) is 2. The van der Waals surface area contributed by atoms with E-state index in [1.165, 1.54) is 29.3 Å². The molecule has 0 spiro atoms. The Morgan fingerprint density at radius 1 is 1.13 bits per heavy atom. The monoisotopic (exact) mass is 779 g/mol. The number of carbonyl (C=O) groups is 4. The fraction of sp³-hybridized carbons (Fsp3) is 0.583. The Morgan fingerprint density at radius 2 is 1.87 bits per heavy atom. The number of aryl methyl sites for hydroxylation is 1. The standard InChI is InChI=1S/C36H44F3N5O9S/c1-5-21-18-35(21,32(47)43-54(49,50)23-10-11-23)42-29(45)26-17-22-19-44(26)31(46)28(34(2,3)4)41-33(48)51-14-8-6-7-9-20-15-25-24(12-13-40-30(25)52-22)27(16-20)53-36(37,38)39/h5,12-13,15-16,21-23,26,28H,1,6-11,14,17-19H2,2-4H3,(H,41,48)(H,42,45)(H,43,47)/t21-,22-,26+,28-,35-/m1/s1. The van der Waals surface area contributed by atoms with E-state index in [2.05, 4.69) is 31.7 Å². The van der Waals surface area contributed by atoms with Crippen LogP contribution in [0, 0.1) is 11.3 Å². The fourth-order valence-corrected chi connectivity index (χ4v) is 8.39. The quantitative estimate of drug-likeness (QED) is 0.348. The smallest absolute Gasteiger partial charge is 0.472 e. The minimum atomic E-state index is -4.99. The minimum absolute atomic E-state index is 0.0147. The normalized spacial score (nSPS) is 26.8. The molecule has 2 saturated carbocycles. The molecule has 4 bridgehead atoms. The predicted octanol–water partition coefficient (Wildman–Crippen LogP) is 4.02. The highest BCUT2D eigenvalue weighted by molar-refractivity contribution is 7.91. The van der Waals surface area contributed by atoms with Crippen molar-refractivity contribution in [1.82, 2.24) is 25.2 Å². The molecule has 6 rings (SSSR count). The lowest BCUT2D eigenvalue weighted by molar-refractivity contribution is -0.274. The van der Waals surface area contributed by atoms with E-state index < -0.39 is 86.3 Å². The predicted molar refractivity (Wildman–Crippen MR) is 188 cm³/mol. The molecule has 3 heterocycles. The third-order valence-electron chi connectivity index (χ3n) is 10.2. The Morgan fingerprint density at radius 3 is 2.52 bits per heavy atom. The van der Waals surface area contributed by atoms with Gasteiger partial charge in [0.05, 0.1) is 18.4 Å². The maximum absolute atomic E-state index is 14.4. The first-order valence-electron chi connectivity index (χ1n) is 17.9. The second kappa shape index (κ2) is 14.6. The molecular formula is C36H44F3N5O9S. The van der Waals surface area contributed by atoms with E-state index in [1.54, 1.807) is 26.8 Å². The third-order valence-corrected chi connectivity index (χ3v) is 12.0. The summed E-state index contributed by atoms with van der Waals surface area (Å²) in [5, 5.41) is 4.96. The number of hydrogen-bond acceptors (Lipinski definition) is 10. The van der Waals surface area contributed by atoms with Crippen molar-refractivity contribution in [2.24, 2.45) is 11.3 Å². The summed E-state index contributed by atoms with van der Waals surface area (Å²) in [4.78, 5) is 60.6. The highest BCUT2D eigenvalue weighted by atomic mass is 32.2. The molecule has 2 aromatic rings. The number of cyclic esters (lactones) is 1. The average Bonchev–Trinajstić information content (AvgIpc) is 4.00. The van der Waals surface area contributed by atoms with Crippen molar-refractivity contribution >= 4 is 44.6 Å². The van der Waals surface area contributed by atoms with Crippen molar-refractivity contribution < 1.29 is 55.0 Å².